The second kappa shape index (κ2) is 5.72. The van der Waals surface area contributed by atoms with E-state index < -0.39 is 60.5 Å². The number of alkyl halides is 9. The van der Waals surface area contributed by atoms with Crippen LogP contribution in [0.4, 0.5) is 39.5 Å². The first-order chi connectivity index (χ1) is 9.93. The highest BCUT2D eigenvalue weighted by molar-refractivity contribution is 5.00. The smallest absolute Gasteiger partial charge is 0.237 e. The molecule has 3 atom stereocenters. The highest BCUT2D eigenvalue weighted by Gasteiger charge is 2.68. The van der Waals surface area contributed by atoms with Crippen LogP contribution in [-0.2, 0) is 0 Å². The van der Waals surface area contributed by atoms with Crippen molar-refractivity contribution in [1.29, 1.82) is 0 Å². The van der Waals surface area contributed by atoms with Gasteiger partial charge in [0.25, 0.3) is 5.92 Å². The van der Waals surface area contributed by atoms with E-state index in [2.05, 4.69) is 0 Å². The van der Waals surface area contributed by atoms with Crippen molar-refractivity contribution >= 4 is 0 Å². The summed E-state index contributed by atoms with van der Waals surface area (Å²) in [7, 11) is 0. The van der Waals surface area contributed by atoms with E-state index in [4.69, 9.17) is 0 Å². The molecule has 23 heavy (non-hydrogen) atoms. The number of halogens is 9. The Kier molecular flexibility index (Phi) is 5.08. The summed E-state index contributed by atoms with van der Waals surface area (Å²) in [5.41, 5.74) is -7.14. The third-order valence-corrected chi connectivity index (χ3v) is 4.75. The second-order valence-corrected chi connectivity index (χ2v) is 7.00. The summed E-state index contributed by atoms with van der Waals surface area (Å²) in [6.07, 6.45) is -14.4. The lowest BCUT2D eigenvalue weighted by Gasteiger charge is -2.44. The van der Waals surface area contributed by atoms with E-state index in [9.17, 15) is 39.5 Å². The molecule has 0 amide bonds. The summed E-state index contributed by atoms with van der Waals surface area (Å²) in [5.74, 6) is -5.98. The lowest BCUT2D eigenvalue weighted by Crippen LogP contribution is -2.52. The minimum atomic E-state index is -5.60. The van der Waals surface area contributed by atoms with Gasteiger partial charge in [0.15, 0.2) is 11.1 Å². The Balaban J connectivity index is 3.11. The molecule has 1 fully saturated rings. The van der Waals surface area contributed by atoms with E-state index in [1.165, 1.54) is 6.92 Å². The van der Waals surface area contributed by atoms with Crippen molar-refractivity contribution in [2.45, 2.75) is 70.4 Å². The van der Waals surface area contributed by atoms with Gasteiger partial charge in [-0.1, -0.05) is 6.92 Å². The predicted octanol–water partition coefficient (Wildman–Crippen LogP) is 6.31. The fourth-order valence-electron chi connectivity index (χ4n) is 3.31. The van der Waals surface area contributed by atoms with E-state index in [1.54, 1.807) is 0 Å². The minimum absolute atomic E-state index is 0.00370. The van der Waals surface area contributed by atoms with Crippen molar-refractivity contribution in [3.8, 4) is 0 Å². The van der Waals surface area contributed by atoms with E-state index in [0.29, 0.717) is 6.92 Å². The molecule has 1 aliphatic rings. The van der Waals surface area contributed by atoms with Crippen molar-refractivity contribution in [3.63, 3.8) is 0 Å². The van der Waals surface area contributed by atoms with Crippen molar-refractivity contribution < 1.29 is 39.5 Å². The summed E-state index contributed by atoms with van der Waals surface area (Å²) in [6, 6.07) is 0. The normalized spacial score (nSPS) is 31.3. The Morgan fingerprint density at radius 1 is 0.870 bits per heavy atom. The molecule has 1 rings (SSSR count). The molecule has 0 N–H and O–H groups in total. The third-order valence-electron chi connectivity index (χ3n) is 4.75. The second-order valence-electron chi connectivity index (χ2n) is 7.00. The van der Waals surface area contributed by atoms with E-state index in [-0.39, 0.29) is 13.3 Å². The summed E-state index contributed by atoms with van der Waals surface area (Å²) in [5, 5.41) is 0. The van der Waals surface area contributed by atoms with Crippen LogP contribution in [0, 0.1) is 17.3 Å². The molecule has 0 aromatic heterocycles. The Hall–Kier alpha value is -0.630. The van der Waals surface area contributed by atoms with Crippen LogP contribution < -0.4 is 0 Å². The number of hydrogen-bond donors (Lipinski definition) is 0. The zero-order chi connectivity index (χ0) is 18.5. The topological polar surface area (TPSA) is 0 Å². The summed E-state index contributed by atoms with van der Waals surface area (Å²) >= 11 is 0. The summed E-state index contributed by atoms with van der Waals surface area (Å²) in [6.45, 7) is 1.65. The molecule has 0 aromatic rings. The molecule has 138 valence electrons. The molecule has 1 saturated carbocycles. The Labute approximate surface area is 128 Å². The standard InChI is InChI=1S/C14H19F9/c1-8-4-9(7-12(17,5-8)11(3,15)16)6-10(2,13(18,19)20)14(21,22)23/h8-9H,4-7H2,1-3H3. The molecule has 9 heteroatoms. The van der Waals surface area contributed by atoms with Gasteiger partial charge >= 0.3 is 12.4 Å². The average molecular weight is 358 g/mol. The van der Waals surface area contributed by atoms with E-state index >= 15 is 0 Å². The Morgan fingerprint density at radius 3 is 1.65 bits per heavy atom. The first-order valence-electron chi connectivity index (χ1n) is 7.13. The maximum atomic E-state index is 14.4. The van der Waals surface area contributed by atoms with Crippen LogP contribution in [0.1, 0.15) is 46.5 Å². The highest BCUT2D eigenvalue weighted by Crippen LogP contribution is 2.57. The number of hydrogen-bond acceptors (Lipinski definition) is 0. The molecule has 0 nitrogen and oxygen atoms in total. The van der Waals surface area contributed by atoms with Crippen LogP contribution in [0.2, 0.25) is 0 Å². The lowest BCUT2D eigenvalue weighted by atomic mass is 9.66. The van der Waals surface area contributed by atoms with Crippen LogP contribution >= 0.6 is 0 Å². The monoisotopic (exact) mass is 358 g/mol. The van der Waals surface area contributed by atoms with Crippen LogP contribution in [0.15, 0.2) is 0 Å². The molecule has 0 aromatic carbocycles. The molecule has 0 spiro atoms. The predicted molar refractivity (Wildman–Crippen MR) is 65.8 cm³/mol. The van der Waals surface area contributed by atoms with Gasteiger partial charge in [0, 0.05) is 6.92 Å². The largest absolute Gasteiger partial charge is 0.402 e. The quantitative estimate of drug-likeness (QED) is 0.519. The zero-order valence-electron chi connectivity index (χ0n) is 12.9. The molecular weight excluding hydrogens is 339 g/mol. The molecule has 1 aliphatic carbocycles. The van der Waals surface area contributed by atoms with Gasteiger partial charge in [-0.3, -0.25) is 0 Å². The first kappa shape index (κ1) is 20.4. The fourth-order valence-corrected chi connectivity index (χ4v) is 3.31. The molecular formula is C14H19F9. The van der Waals surface area contributed by atoms with Gasteiger partial charge in [-0.2, -0.15) is 26.3 Å². The zero-order valence-corrected chi connectivity index (χ0v) is 12.9. The van der Waals surface area contributed by atoms with Crippen molar-refractivity contribution in [1.82, 2.24) is 0 Å². The fraction of sp³-hybridized carbons (Fsp3) is 1.00. The van der Waals surface area contributed by atoms with Gasteiger partial charge in [0.1, 0.15) is 0 Å². The van der Waals surface area contributed by atoms with Gasteiger partial charge in [-0.25, -0.2) is 13.2 Å². The van der Waals surface area contributed by atoms with Gasteiger partial charge in [-0.15, -0.1) is 0 Å². The Morgan fingerprint density at radius 2 is 1.30 bits per heavy atom. The van der Waals surface area contributed by atoms with E-state index in [1.807, 2.05) is 0 Å². The first-order valence-corrected chi connectivity index (χ1v) is 7.13. The average Bonchev–Trinajstić information content (AvgIpc) is 2.22. The highest BCUT2D eigenvalue weighted by atomic mass is 19.4. The van der Waals surface area contributed by atoms with Gasteiger partial charge in [-0.05, 0) is 44.4 Å². The van der Waals surface area contributed by atoms with Gasteiger partial charge in [0.2, 0.25) is 0 Å². The summed E-state index contributed by atoms with van der Waals surface area (Å²) < 4.78 is 119. The molecule has 0 bridgehead atoms. The lowest BCUT2D eigenvalue weighted by molar-refractivity contribution is -0.341. The third kappa shape index (κ3) is 3.90. The molecule has 0 aliphatic heterocycles. The van der Waals surface area contributed by atoms with Gasteiger partial charge < -0.3 is 0 Å². The van der Waals surface area contributed by atoms with E-state index in [0.717, 1.165) is 0 Å². The van der Waals surface area contributed by atoms with Crippen molar-refractivity contribution in [2.24, 2.45) is 17.3 Å². The minimum Gasteiger partial charge on any atom is -0.237 e. The molecule has 0 radical (unpaired) electrons. The molecule has 0 heterocycles. The molecule has 3 unspecified atom stereocenters. The van der Waals surface area contributed by atoms with Crippen LogP contribution in [0.5, 0.6) is 0 Å². The van der Waals surface area contributed by atoms with Crippen LogP contribution in [-0.4, -0.2) is 23.9 Å². The SMILES string of the molecule is CC1CC(CC(C)(C(F)(F)F)C(F)(F)F)CC(F)(C(C)(F)F)C1. The summed E-state index contributed by atoms with van der Waals surface area (Å²) in [4.78, 5) is 0. The van der Waals surface area contributed by atoms with Crippen molar-refractivity contribution in [3.05, 3.63) is 0 Å². The van der Waals surface area contributed by atoms with Gasteiger partial charge in [0.05, 0.1) is 0 Å². The maximum absolute atomic E-state index is 14.4. The number of rotatable bonds is 3. The maximum Gasteiger partial charge on any atom is 0.402 e. The van der Waals surface area contributed by atoms with Crippen LogP contribution in [0.25, 0.3) is 0 Å². The van der Waals surface area contributed by atoms with Crippen LogP contribution in [0.3, 0.4) is 0 Å². The molecule has 0 saturated heterocycles. The van der Waals surface area contributed by atoms with Crippen molar-refractivity contribution in [2.75, 3.05) is 0 Å². The Bertz CT molecular complexity index is 403.